The monoisotopic (exact) mass is 431 g/mol. The molecule has 0 heterocycles. The van der Waals surface area contributed by atoms with E-state index in [9.17, 15) is 4.79 Å². The molecule has 6 heteroatoms. The Morgan fingerprint density at radius 3 is 2.50 bits per heavy atom. The molecular formula is C16H15ClINO3. The molecule has 0 aliphatic rings. The number of methoxy groups -OCH3 is 2. The Labute approximate surface area is 147 Å². The lowest BCUT2D eigenvalue weighted by Gasteiger charge is -2.12. The Bertz CT molecular complexity index is 719. The zero-order valence-electron chi connectivity index (χ0n) is 12.4. The Morgan fingerprint density at radius 2 is 1.91 bits per heavy atom. The van der Waals surface area contributed by atoms with Crippen molar-refractivity contribution in [2.45, 2.75) is 6.92 Å². The van der Waals surface area contributed by atoms with Gasteiger partial charge in [-0.05, 0) is 59.3 Å². The molecule has 0 spiro atoms. The van der Waals surface area contributed by atoms with Crippen LogP contribution in [0.15, 0.2) is 30.3 Å². The standard InChI is InChI=1S/C16H15ClINO3/c1-9-4-5-11(8-13(9)18)19-16(20)10-6-12(17)15(22-3)14(7-10)21-2/h4-8H,1-3H3,(H,19,20). The van der Waals surface area contributed by atoms with E-state index in [1.165, 1.54) is 14.2 Å². The number of ether oxygens (including phenoxy) is 2. The van der Waals surface area contributed by atoms with Crippen LogP contribution in [0.2, 0.25) is 5.02 Å². The summed E-state index contributed by atoms with van der Waals surface area (Å²) in [6.45, 7) is 2.02. The first-order chi connectivity index (χ1) is 10.5. The number of anilines is 1. The fraction of sp³-hybridized carbons (Fsp3) is 0.188. The molecular weight excluding hydrogens is 417 g/mol. The second-order valence-electron chi connectivity index (χ2n) is 4.61. The summed E-state index contributed by atoms with van der Waals surface area (Å²) in [6, 6.07) is 8.88. The minimum atomic E-state index is -0.262. The Balaban J connectivity index is 2.29. The third-order valence-corrected chi connectivity index (χ3v) is 4.57. The van der Waals surface area contributed by atoms with Crippen molar-refractivity contribution in [1.29, 1.82) is 0 Å². The lowest BCUT2D eigenvalue weighted by molar-refractivity contribution is 0.102. The van der Waals surface area contributed by atoms with E-state index in [4.69, 9.17) is 21.1 Å². The smallest absolute Gasteiger partial charge is 0.255 e. The highest BCUT2D eigenvalue weighted by Gasteiger charge is 2.15. The lowest BCUT2D eigenvalue weighted by Crippen LogP contribution is -2.12. The van der Waals surface area contributed by atoms with Crippen molar-refractivity contribution >= 4 is 45.8 Å². The normalized spacial score (nSPS) is 10.2. The van der Waals surface area contributed by atoms with Crippen LogP contribution in [0.4, 0.5) is 5.69 Å². The average molecular weight is 432 g/mol. The van der Waals surface area contributed by atoms with E-state index in [0.29, 0.717) is 22.1 Å². The van der Waals surface area contributed by atoms with E-state index in [2.05, 4.69) is 27.9 Å². The van der Waals surface area contributed by atoms with Crippen molar-refractivity contribution in [2.24, 2.45) is 0 Å². The molecule has 0 unspecified atom stereocenters. The van der Waals surface area contributed by atoms with Gasteiger partial charge in [-0.25, -0.2) is 0 Å². The summed E-state index contributed by atoms with van der Waals surface area (Å²) < 4.78 is 11.4. The highest BCUT2D eigenvalue weighted by atomic mass is 127. The number of nitrogens with one attached hydrogen (secondary N) is 1. The van der Waals surface area contributed by atoms with Gasteiger partial charge in [-0.1, -0.05) is 17.7 Å². The van der Waals surface area contributed by atoms with Gasteiger partial charge in [0.05, 0.1) is 19.2 Å². The molecule has 2 aromatic rings. The highest BCUT2D eigenvalue weighted by molar-refractivity contribution is 14.1. The van der Waals surface area contributed by atoms with Crippen molar-refractivity contribution in [2.75, 3.05) is 19.5 Å². The molecule has 2 rings (SSSR count). The van der Waals surface area contributed by atoms with Gasteiger partial charge in [0.2, 0.25) is 0 Å². The van der Waals surface area contributed by atoms with Gasteiger partial charge in [0.1, 0.15) is 0 Å². The average Bonchev–Trinajstić information content (AvgIpc) is 2.50. The summed E-state index contributed by atoms with van der Waals surface area (Å²) >= 11 is 8.35. The van der Waals surface area contributed by atoms with Crippen LogP contribution in [0.3, 0.4) is 0 Å². The van der Waals surface area contributed by atoms with Gasteiger partial charge in [0.15, 0.2) is 11.5 Å². The van der Waals surface area contributed by atoms with Gasteiger partial charge in [-0.2, -0.15) is 0 Å². The molecule has 0 saturated carbocycles. The second-order valence-corrected chi connectivity index (χ2v) is 6.18. The number of carbonyl (C=O) groups is 1. The summed E-state index contributed by atoms with van der Waals surface area (Å²) in [5, 5.41) is 3.17. The molecule has 2 aromatic carbocycles. The van der Waals surface area contributed by atoms with E-state index < -0.39 is 0 Å². The Morgan fingerprint density at radius 1 is 1.18 bits per heavy atom. The number of aryl methyl sites for hydroxylation is 1. The summed E-state index contributed by atoms with van der Waals surface area (Å²) in [4.78, 5) is 12.4. The first kappa shape index (κ1) is 16.9. The maximum Gasteiger partial charge on any atom is 0.255 e. The largest absolute Gasteiger partial charge is 0.493 e. The van der Waals surface area contributed by atoms with Crippen molar-refractivity contribution in [3.8, 4) is 11.5 Å². The highest BCUT2D eigenvalue weighted by Crippen LogP contribution is 2.36. The topological polar surface area (TPSA) is 47.6 Å². The second kappa shape index (κ2) is 7.19. The third kappa shape index (κ3) is 3.64. The van der Waals surface area contributed by atoms with Crippen LogP contribution in [-0.4, -0.2) is 20.1 Å². The molecule has 4 nitrogen and oxygen atoms in total. The van der Waals surface area contributed by atoms with Gasteiger partial charge in [0.25, 0.3) is 5.91 Å². The van der Waals surface area contributed by atoms with Crippen molar-refractivity contribution < 1.29 is 14.3 Å². The molecule has 116 valence electrons. The molecule has 0 atom stereocenters. The van der Waals surface area contributed by atoms with E-state index >= 15 is 0 Å². The molecule has 0 aromatic heterocycles. The van der Waals surface area contributed by atoms with Crippen LogP contribution >= 0.6 is 34.2 Å². The van der Waals surface area contributed by atoms with Crippen LogP contribution in [0.25, 0.3) is 0 Å². The van der Waals surface area contributed by atoms with Gasteiger partial charge >= 0.3 is 0 Å². The molecule has 0 radical (unpaired) electrons. The maximum atomic E-state index is 12.4. The molecule has 1 N–H and O–H groups in total. The third-order valence-electron chi connectivity index (χ3n) is 3.13. The zero-order chi connectivity index (χ0) is 16.3. The van der Waals surface area contributed by atoms with Gasteiger partial charge in [0, 0.05) is 14.8 Å². The maximum absolute atomic E-state index is 12.4. The SMILES string of the molecule is COc1cc(C(=O)Nc2ccc(C)c(I)c2)cc(Cl)c1OC. The quantitative estimate of drug-likeness (QED) is 0.724. The van der Waals surface area contributed by atoms with Crippen LogP contribution in [0.1, 0.15) is 15.9 Å². The van der Waals surface area contributed by atoms with Crippen LogP contribution in [0.5, 0.6) is 11.5 Å². The number of rotatable bonds is 4. The predicted octanol–water partition coefficient (Wildman–Crippen LogP) is 4.52. The van der Waals surface area contributed by atoms with Gasteiger partial charge in [-0.15, -0.1) is 0 Å². The van der Waals surface area contributed by atoms with Crippen molar-refractivity contribution in [1.82, 2.24) is 0 Å². The Hall–Kier alpha value is -1.47. The minimum absolute atomic E-state index is 0.262. The number of carbonyl (C=O) groups excluding carboxylic acids is 1. The first-order valence-electron chi connectivity index (χ1n) is 6.45. The lowest BCUT2D eigenvalue weighted by atomic mass is 10.1. The minimum Gasteiger partial charge on any atom is -0.493 e. The first-order valence-corrected chi connectivity index (χ1v) is 7.91. The van der Waals surface area contributed by atoms with Crippen LogP contribution in [-0.2, 0) is 0 Å². The summed E-state index contributed by atoms with van der Waals surface area (Å²) in [5.41, 5.74) is 2.29. The molecule has 22 heavy (non-hydrogen) atoms. The molecule has 0 saturated heterocycles. The zero-order valence-corrected chi connectivity index (χ0v) is 15.3. The number of amides is 1. The fourth-order valence-electron chi connectivity index (χ4n) is 1.92. The number of hydrogen-bond donors (Lipinski definition) is 1. The van der Waals surface area contributed by atoms with E-state index in [1.807, 2.05) is 25.1 Å². The molecule has 0 aliphatic heterocycles. The summed E-state index contributed by atoms with van der Waals surface area (Å²) in [6.07, 6.45) is 0. The van der Waals surface area contributed by atoms with Crippen LogP contribution < -0.4 is 14.8 Å². The molecule has 0 aliphatic carbocycles. The van der Waals surface area contributed by atoms with E-state index in [-0.39, 0.29) is 5.91 Å². The van der Waals surface area contributed by atoms with Gasteiger partial charge < -0.3 is 14.8 Å². The molecule has 0 fully saturated rings. The number of hydrogen-bond acceptors (Lipinski definition) is 3. The van der Waals surface area contributed by atoms with Crippen LogP contribution in [0, 0.1) is 10.5 Å². The van der Waals surface area contributed by atoms with E-state index in [1.54, 1.807) is 12.1 Å². The van der Waals surface area contributed by atoms with E-state index in [0.717, 1.165) is 14.8 Å². The molecule has 0 bridgehead atoms. The summed E-state index contributed by atoms with van der Waals surface area (Å²) in [7, 11) is 3.00. The predicted molar refractivity (Wildman–Crippen MR) is 96.4 cm³/mol. The van der Waals surface area contributed by atoms with Gasteiger partial charge in [-0.3, -0.25) is 4.79 Å². The number of benzene rings is 2. The summed E-state index contributed by atoms with van der Waals surface area (Å²) in [5.74, 6) is 0.562. The van der Waals surface area contributed by atoms with Crippen molar-refractivity contribution in [3.05, 3.63) is 50.1 Å². The molecule has 1 amide bonds. The number of halogens is 2. The Kier molecular flexibility index (Phi) is 5.52. The fourth-order valence-corrected chi connectivity index (χ4v) is 2.73. The van der Waals surface area contributed by atoms with Crippen molar-refractivity contribution in [3.63, 3.8) is 0 Å².